The van der Waals surface area contributed by atoms with Crippen LogP contribution in [0.15, 0.2) is 103 Å². The Morgan fingerprint density at radius 3 is 2.28 bits per heavy atom. The van der Waals surface area contributed by atoms with Gasteiger partial charge in [-0.3, -0.25) is 24.5 Å². The molecule has 9 nitrogen and oxygen atoms in total. The number of hydrogen-bond acceptors (Lipinski definition) is 7. The maximum absolute atomic E-state index is 13.3. The Morgan fingerprint density at radius 2 is 1.56 bits per heavy atom. The smallest absolute Gasteiger partial charge is 0.251 e. The number of aromatic nitrogens is 2. The van der Waals surface area contributed by atoms with Crippen LogP contribution in [0.2, 0.25) is 0 Å². The first-order chi connectivity index (χ1) is 24.5. The minimum atomic E-state index is -0.0305. The summed E-state index contributed by atoms with van der Waals surface area (Å²) in [6, 6.07) is 22.3. The van der Waals surface area contributed by atoms with Crippen LogP contribution in [-0.2, 0) is 6.54 Å². The molecule has 0 saturated carbocycles. The van der Waals surface area contributed by atoms with E-state index in [1.807, 2.05) is 67.1 Å². The number of carbonyl (C=O) groups is 2. The number of pyridine rings is 2. The Labute approximate surface area is 294 Å². The number of rotatable bonds is 9. The second kappa shape index (κ2) is 15.6. The first kappa shape index (κ1) is 33.4. The van der Waals surface area contributed by atoms with E-state index in [1.165, 1.54) is 11.1 Å². The highest BCUT2D eigenvalue weighted by molar-refractivity contribution is 5.96. The van der Waals surface area contributed by atoms with Crippen molar-refractivity contribution in [1.82, 2.24) is 25.5 Å². The van der Waals surface area contributed by atoms with E-state index in [0.29, 0.717) is 5.56 Å². The minimum absolute atomic E-state index is 0.0224. The fourth-order valence-electron chi connectivity index (χ4n) is 7.36. The summed E-state index contributed by atoms with van der Waals surface area (Å²) in [4.78, 5) is 44.2. The van der Waals surface area contributed by atoms with Gasteiger partial charge in [-0.15, -0.1) is 0 Å². The van der Waals surface area contributed by atoms with Gasteiger partial charge in [-0.2, -0.15) is 0 Å². The van der Waals surface area contributed by atoms with Crippen molar-refractivity contribution in [2.45, 2.75) is 63.6 Å². The van der Waals surface area contributed by atoms with Gasteiger partial charge in [0.05, 0.1) is 0 Å². The molecule has 7 rings (SSSR count). The van der Waals surface area contributed by atoms with Crippen molar-refractivity contribution >= 4 is 23.8 Å². The van der Waals surface area contributed by atoms with Gasteiger partial charge in [-0.25, -0.2) is 4.98 Å². The van der Waals surface area contributed by atoms with E-state index in [0.717, 1.165) is 92.9 Å². The number of likely N-dealkylation sites (tertiary alicyclic amines) is 1. The monoisotopic (exact) mass is 667 g/mol. The number of nitrogens with zero attached hydrogens (tertiary/aromatic N) is 5. The van der Waals surface area contributed by atoms with Crippen molar-refractivity contribution < 1.29 is 9.59 Å². The molecule has 0 bridgehead atoms. The summed E-state index contributed by atoms with van der Waals surface area (Å²) in [5.41, 5.74) is 6.94. The first-order valence-electron chi connectivity index (χ1n) is 17.8. The lowest BCUT2D eigenvalue weighted by Gasteiger charge is -2.34. The van der Waals surface area contributed by atoms with Gasteiger partial charge in [0, 0.05) is 92.9 Å². The number of nitrogens with one attached hydrogen (secondary N) is 2. The van der Waals surface area contributed by atoms with Crippen molar-refractivity contribution in [3.63, 3.8) is 0 Å². The summed E-state index contributed by atoms with van der Waals surface area (Å²) < 4.78 is 0. The van der Waals surface area contributed by atoms with E-state index >= 15 is 0 Å². The standard InChI is InChI=1S/C41H45N7O2/c1-29-37(32-12-20-43-21-13-32)6-3-7-38(29)41(50)46-35-14-22-47(23-15-35)28-30-8-9-39(44-27-30)48-24-16-36(17-25-48)45-40(49)34-5-2-4-33(26-34)31-10-18-42-19-11-31/h2-12,18-21,26-27,32,35-36H,13-17,22-25,28H2,1H3,(H,45,49)(H,46,50). The maximum Gasteiger partial charge on any atom is 0.251 e. The number of piperidine rings is 2. The Hall–Kier alpha value is -5.15. The van der Waals surface area contributed by atoms with Crippen molar-refractivity contribution in [2.75, 3.05) is 31.1 Å². The molecule has 2 aromatic heterocycles. The molecule has 0 spiro atoms. The van der Waals surface area contributed by atoms with E-state index in [-0.39, 0.29) is 29.8 Å². The summed E-state index contributed by atoms with van der Waals surface area (Å²) in [5.74, 6) is 1.25. The lowest BCUT2D eigenvalue weighted by atomic mass is 9.89. The molecule has 2 fully saturated rings. The summed E-state index contributed by atoms with van der Waals surface area (Å²) in [6.45, 7) is 6.48. The third-order valence-electron chi connectivity index (χ3n) is 10.3. The van der Waals surface area contributed by atoms with Crippen molar-refractivity contribution in [2.24, 2.45) is 4.99 Å². The second-order valence-corrected chi connectivity index (χ2v) is 13.6. The zero-order valence-corrected chi connectivity index (χ0v) is 28.7. The topological polar surface area (TPSA) is 103 Å². The number of benzene rings is 2. The fraction of sp³-hybridized carbons (Fsp3) is 0.341. The third kappa shape index (κ3) is 8.00. The molecule has 256 valence electrons. The highest BCUT2D eigenvalue weighted by Crippen LogP contribution is 2.28. The number of amides is 2. The zero-order chi connectivity index (χ0) is 34.3. The summed E-state index contributed by atoms with van der Waals surface area (Å²) in [7, 11) is 0. The Balaban J connectivity index is 0.845. The quantitative estimate of drug-likeness (QED) is 0.217. The number of allylic oxidation sites excluding steroid dienone is 1. The second-order valence-electron chi connectivity index (χ2n) is 13.6. The zero-order valence-electron chi connectivity index (χ0n) is 28.7. The van der Waals surface area contributed by atoms with Crippen LogP contribution in [0.4, 0.5) is 5.82 Å². The minimum Gasteiger partial charge on any atom is -0.356 e. The lowest BCUT2D eigenvalue weighted by molar-refractivity contribution is 0.0905. The molecule has 0 radical (unpaired) electrons. The van der Waals surface area contributed by atoms with Crippen molar-refractivity contribution in [3.8, 4) is 11.1 Å². The number of hydrogen-bond donors (Lipinski definition) is 2. The van der Waals surface area contributed by atoms with Gasteiger partial charge in [0.1, 0.15) is 5.82 Å². The highest BCUT2D eigenvalue weighted by Gasteiger charge is 2.25. The van der Waals surface area contributed by atoms with E-state index in [9.17, 15) is 9.59 Å². The van der Waals surface area contributed by atoms with Crippen molar-refractivity contribution in [1.29, 1.82) is 0 Å². The number of carbonyl (C=O) groups excluding carboxylic acids is 2. The molecule has 2 amide bonds. The first-order valence-corrected chi connectivity index (χ1v) is 17.8. The largest absolute Gasteiger partial charge is 0.356 e. The average molecular weight is 668 g/mol. The van der Waals surface area contributed by atoms with E-state index in [1.54, 1.807) is 12.4 Å². The van der Waals surface area contributed by atoms with Gasteiger partial charge >= 0.3 is 0 Å². The molecular formula is C41H45N7O2. The van der Waals surface area contributed by atoms with Crippen LogP contribution in [0.5, 0.6) is 0 Å². The highest BCUT2D eigenvalue weighted by atomic mass is 16.2. The molecule has 2 saturated heterocycles. The average Bonchev–Trinajstić information content (AvgIpc) is 3.17. The summed E-state index contributed by atoms with van der Waals surface area (Å²) in [5, 5.41) is 6.56. The fourth-order valence-corrected chi connectivity index (χ4v) is 7.36. The Bertz CT molecular complexity index is 1840. The maximum atomic E-state index is 13.3. The molecule has 5 heterocycles. The third-order valence-corrected chi connectivity index (χ3v) is 10.3. The normalized spacial score (nSPS) is 18.6. The molecule has 2 N–H and O–H groups in total. The molecular weight excluding hydrogens is 622 g/mol. The SMILES string of the molecule is Cc1c(C(=O)NC2CCN(Cc3ccc(N4CCC(NC(=O)c5cccc(-c6ccncc6)c5)CC4)nc3)CC2)cccc1C1C=CN=CC1. The molecule has 3 aliphatic rings. The van der Waals surface area contributed by atoms with Gasteiger partial charge in [-0.05, 0) is 103 Å². The molecule has 4 aromatic rings. The van der Waals surface area contributed by atoms with Gasteiger partial charge in [0.15, 0.2) is 0 Å². The lowest BCUT2D eigenvalue weighted by Crippen LogP contribution is -2.45. The molecule has 0 aliphatic carbocycles. The van der Waals surface area contributed by atoms with Crippen LogP contribution in [0.25, 0.3) is 11.1 Å². The van der Waals surface area contributed by atoms with Crippen LogP contribution in [0, 0.1) is 6.92 Å². The molecule has 9 heteroatoms. The van der Waals surface area contributed by atoms with Crippen LogP contribution in [-0.4, -0.2) is 71.2 Å². The van der Waals surface area contributed by atoms with E-state index in [4.69, 9.17) is 4.98 Å². The van der Waals surface area contributed by atoms with Crippen molar-refractivity contribution in [3.05, 3.63) is 125 Å². The van der Waals surface area contributed by atoms with Gasteiger partial charge < -0.3 is 15.5 Å². The van der Waals surface area contributed by atoms with Crippen LogP contribution < -0.4 is 15.5 Å². The number of aliphatic imine (C=N–C) groups is 1. The predicted octanol–water partition coefficient (Wildman–Crippen LogP) is 6.32. The van der Waals surface area contributed by atoms with Gasteiger partial charge in [0.25, 0.3) is 11.8 Å². The molecule has 1 unspecified atom stereocenters. The number of anilines is 1. The van der Waals surface area contributed by atoms with Crippen LogP contribution in [0.1, 0.15) is 75.4 Å². The predicted molar refractivity (Wildman–Crippen MR) is 199 cm³/mol. The Kier molecular flexibility index (Phi) is 10.4. The van der Waals surface area contributed by atoms with Gasteiger partial charge in [-0.1, -0.05) is 36.4 Å². The Morgan fingerprint density at radius 1 is 0.820 bits per heavy atom. The summed E-state index contributed by atoms with van der Waals surface area (Å²) >= 11 is 0. The molecule has 3 aliphatic heterocycles. The van der Waals surface area contributed by atoms with E-state index < -0.39 is 0 Å². The van der Waals surface area contributed by atoms with Crippen LogP contribution >= 0.6 is 0 Å². The van der Waals surface area contributed by atoms with E-state index in [2.05, 4.69) is 61.6 Å². The summed E-state index contributed by atoms with van der Waals surface area (Å²) in [6.07, 6.45) is 15.9. The molecule has 1 atom stereocenters. The molecule has 2 aromatic carbocycles. The van der Waals surface area contributed by atoms with Gasteiger partial charge in [0.2, 0.25) is 0 Å². The van der Waals surface area contributed by atoms with Crippen LogP contribution in [0.3, 0.4) is 0 Å². The molecule has 50 heavy (non-hydrogen) atoms.